The molecule has 0 saturated carbocycles. The van der Waals surface area contributed by atoms with E-state index in [9.17, 15) is 13.6 Å². The van der Waals surface area contributed by atoms with Crippen molar-refractivity contribution in [1.29, 1.82) is 0 Å². The zero-order chi connectivity index (χ0) is 13.7. The van der Waals surface area contributed by atoms with E-state index in [1.165, 1.54) is 12.1 Å². The second-order valence-corrected chi connectivity index (χ2v) is 3.71. The van der Waals surface area contributed by atoms with Crippen molar-refractivity contribution in [3.05, 3.63) is 71.3 Å². The lowest BCUT2D eigenvalue weighted by Gasteiger charge is -1.99. The van der Waals surface area contributed by atoms with Crippen LogP contribution in [0.4, 0.5) is 8.78 Å². The number of nitrogens with zero attached hydrogens (tertiary/aromatic N) is 1. The third-order valence-electron chi connectivity index (χ3n) is 2.39. The van der Waals surface area contributed by atoms with E-state index in [1.807, 2.05) is 0 Å². The summed E-state index contributed by atoms with van der Waals surface area (Å²) in [4.78, 5) is 11.6. The SMILES string of the molecule is O=C(N/N=C\c1cccc(F)c1F)c1ccccc1. The Labute approximate surface area is 108 Å². The van der Waals surface area contributed by atoms with Gasteiger partial charge in [0.1, 0.15) is 0 Å². The number of hydrazone groups is 1. The molecule has 5 heteroatoms. The van der Waals surface area contributed by atoms with Gasteiger partial charge in [-0.3, -0.25) is 4.79 Å². The van der Waals surface area contributed by atoms with Crippen LogP contribution in [0.15, 0.2) is 53.6 Å². The number of carbonyl (C=O) groups is 1. The molecule has 0 saturated heterocycles. The summed E-state index contributed by atoms with van der Waals surface area (Å²) in [6.45, 7) is 0. The first-order valence-corrected chi connectivity index (χ1v) is 5.51. The molecule has 0 fully saturated rings. The lowest BCUT2D eigenvalue weighted by molar-refractivity contribution is 0.0955. The maximum atomic E-state index is 13.3. The minimum absolute atomic E-state index is 0.0339. The van der Waals surface area contributed by atoms with Gasteiger partial charge in [0.05, 0.1) is 6.21 Å². The molecule has 0 radical (unpaired) electrons. The summed E-state index contributed by atoms with van der Waals surface area (Å²) < 4.78 is 26.2. The van der Waals surface area contributed by atoms with Crippen LogP contribution in [-0.2, 0) is 0 Å². The lowest BCUT2D eigenvalue weighted by atomic mass is 10.2. The van der Waals surface area contributed by atoms with Gasteiger partial charge in [-0.1, -0.05) is 30.3 Å². The standard InChI is InChI=1S/C14H10F2N2O/c15-12-8-4-7-11(13(12)16)9-17-18-14(19)10-5-2-1-3-6-10/h1-9H,(H,18,19)/b17-9-. The molecule has 0 spiro atoms. The van der Waals surface area contributed by atoms with Crippen molar-refractivity contribution in [3.63, 3.8) is 0 Å². The summed E-state index contributed by atoms with van der Waals surface area (Å²) in [7, 11) is 0. The van der Waals surface area contributed by atoms with Gasteiger partial charge in [-0.2, -0.15) is 5.10 Å². The Morgan fingerprint density at radius 3 is 2.53 bits per heavy atom. The number of hydrogen-bond acceptors (Lipinski definition) is 2. The van der Waals surface area contributed by atoms with Crippen LogP contribution >= 0.6 is 0 Å². The number of amides is 1. The Balaban J connectivity index is 2.05. The predicted octanol–water partition coefficient (Wildman–Crippen LogP) is 2.73. The number of benzene rings is 2. The van der Waals surface area contributed by atoms with Crippen molar-refractivity contribution in [2.75, 3.05) is 0 Å². The molecule has 2 rings (SSSR count). The normalized spacial score (nSPS) is 10.6. The Bertz CT molecular complexity index is 612. The van der Waals surface area contributed by atoms with Crippen molar-refractivity contribution in [3.8, 4) is 0 Å². The van der Waals surface area contributed by atoms with Gasteiger partial charge in [0.15, 0.2) is 11.6 Å². The summed E-state index contributed by atoms with van der Waals surface area (Å²) in [5.41, 5.74) is 2.63. The maximum absolute atomic E-state index is 13.3. The van der Waals surface area contributed by atoms with Crippen LogP contribution in [0.1, 0.15) is 15.9 Å². The van der Waals surface area contributed by atoms with Crippen LogP contribution in [0.3, 0.4) is 0 Å². The number of halogens is 2. The molecule has 2 aromatic rings. The zero-order valence-electron chi connectivity index (χ0n) is 9.81. The van der Waals surface area contributed by atoms with E-state index in [1.54, 1.807) is 30.3 Å². The topological polar surface area (TPSA) is 41.5 Å². The van der Waals surface area contributed by atoms with Gasteiger partial charge in [0.25, 0.3) is 5.91 Å². The van der Waals surface area contributed by atoms with E-state index in [0.717, 1.165) is 12.3 Å². The molecule has 0 atom stereocenters. The number of nitrogens with one attached hydrogen (secondary N) is 1. The molecule has 1 N–H and O–H groups in total. The molecular formula is C14H10F2N2O. The molecule has 0 unspecified atom stereocenters. The summed E-state index contributed by atoms with van der Waals surface area (Å²) in [5, 5.41) is 3.59. The summed E-state index contributed by atoms with van der Waals surface area (Å²) in [5.74, 6) is -2.38. The minimum Gasteiger partial charge on any atom is -0.267 e. The maximum Gasteiger partial charge on any atom is 0.271 e. The molecule has 1 amide bonds. The van der Waals surface area contributed by atoms with Crippen LogP contribution in [0.5, 0.6) is 0 Å². The smallest absolute Gasteiger partial charge is 0.267 e. The largest absolute Gasteiger partial charge is 0.271 e. The highest BCUT2D eigenvalue weighted by atomic mass is 19.2. The molecule has 3 nitrogen and oxygen atoms in total. The van der Waals surface area contributed by atoms with Crippen molar-refractivity contribution in [2.45, 2.75) is 0 Å². The van der Waals surface area contributed by atoms with Crippen molar-refractivity contribution >= 4 is 12.1 Å². The molecule has 0 bridgehead atoms. The minimum atomic E-state index is -1.000. The number of rotatable bonds is 3. The lowest BCUT2D eigenvalue weighted by Crippen LogP contribution is -2.17. The summed E-state index contributed by atoms with van der Waals surface area (Å²) >= 11 is 0. The van der Waals surface area contributed by atoms with Crippen LogP contribution in [0, 0.1) is 11.6 Å². The average molecular weight is 260 g/mol. The fourth-order valence-electron chi connectivity index (χ4n) is 1.43. The van der Waals surface area contributed by atoms with Crippen LogP contribution in [0.2, 0.25) is 0 Å². The van der Waals surface area contributed by atoms with Crippen LogP contribution in [-0.4, -0.2) is 12.1 Å². The monoisotopic (exact) mass is 260 g/mol. The number of hydrogen-bond donors (Lipinski definition) is 1. The fraction of sp³-hybridized carbons (Fsp3) is 0. The zero-order valence-corrected chi connectivity index (χ0v) is 9.81. The first kappa shape index (κ1) is 12.9. The van der Waals surface area contributed by atoms with E-state index in [0.29, 0.717) is 5.56 Å². The van der Waals surface area contributed by atoms with Crippen molar-refractivity contribution in [2.24, 2.45) is 5.10 Å². The third-order valence-corrected chi connectivity index (χ3v) is 2.39. The predicted molar refractivity (Wildman–Crippen MR) is 67.9 cm³/mol. The van der Waals surface area contributed by atoms with Crippen LogP contribution < -0.4 is 5.43 Å². The Kier molecular flexibility index (Phi) is 3.97. The van der Waals surface area contributed by atoms with Crippen LogP contribution in [0.25, 0.3) is 0 Å². The summed E-state index contributed by atoms with van der Waals surface area (Å²) in [6.07, 6.45) is 1.05. The molecule has 19 heavy (non-hydrogen) atoms. The molecule has 0 aromatic heterocycles. The highest BCUT2D eigenvalue weighted by Crippen LogP contribution is 2.08. The van der Waals surface area contributed by atoms with E-state index in [-0.39, 0.29) is 5.56 Å². The Morgan fingerprint density at radius 1 is 1.05 bits per heavy atom. The molecule has 0 aliphatic rings. The van der Waals surface area contributed by atoms with E-state index >= 15 is 0 Å². The molecule has 0 aliphatic heterocycles. The van der Waals surface area contributed by atoms with Gasteiger partial charge in [-0.05, 0) is 18.2 Å². The van der Waals surface area contributed by atoms with Gasteiger partial charge >= 0.3 is 0 Å². The molecule has 0 heterocycles. The highest BCUT2D eigenvalue weighted by Gasteiger charge is 2.05. The molecule has 0 aliphatic carbocycles. The Morgan fingerprint density at radius 2 is 1.79 bits per heavy atom. The van der Waals surface area contributed by atoms with Gasteiger partial charge < -0.3 is 0 Å². The van der Waals surface area contributed by atoms with Gasteiger partial charge in [-0.15, -0.1) is 0 Å². The quantitative estimate of drug-likeness (QED) is 0.669. The average Bonchev–Trinajstić information content (AvgIpc) is 2.44. The molecule has 96 valence electrons. The molecule has 2 aromatic carbocycles. The van der Waals surface area contributed by atoms with Gasteiger partial charge in [-0.25, -0.2) is 14.2 Å². The fourth-order valence-corrected chi connectivity index (χ4v) is 1.43. The van der Waals surface area contributed by atoms with Gasteiger partial charge in [0.2, 0.25) is 0 Å². The first-order chi connectivity index (χ1) is 9.18. The van der Waals surface area contributed by atoms with Gasteiger partial charge in [0, 0.05) is 11.1 Å². The van der Waals surface area contributed by atoms with E-state index < -0.39 is 17.5 Å². The summed E-state index contributed by atoms with van der Waals surface area (Å²) in [6, 6.07) is 12.2. The number of carbonyl (C=O) groups excluding carboxylic acids is 1. The first-order valence-electron chi connectivity index (χ1n) is 5.51. The van der Waals surface area contributed by atoms with Crippen molar-refractivity contribution in [1.82, 2.24) is 5.43 Å². The Hall–Kier alpha value is -2.56. The van der Waals surface area contributed by atoms with E-state index in [4.69, 9.17) is 0 Å². The van der Waals surface area contributed by atoms with Crippen molar-refractivity contribution < 1.29 is 13.6 Å². The second kappa shape index (κ2) is 5.86. The molecular weight excluding hydrogens is 250 g/mol. The highest BCUT2D eigenvalue weighted by molar-refractivity contribution is 5.94. The van der Waals surface area contributed by atoms with E-state index in [2.05, 4.69) is 10.5 Å². The second-order valence-electron chi connectivity index (χ2n) is 3.71. The third kappa shape index (κ3) is 3.22.